The number of methoxy groups -OCH3 is 2. The molecule has 0 radical (unpaired) electrons. The van der Waals surface area contributed by atoms with Crippen molar-refractivity contribution in [1.29, 1.82) is 0 Å². The largest absolute Gasteiger partial charge is 0.493 e. The molecule has 0 aliphatic carbocycles. The fourth-order valence-corrected chi connectivity index (χ4v) is 4.15. The van der Waals surface area contributed by atoms with Crippen LogP contribution in [0.15, 0.2) is 35.6 Å². The SMILES string of the molecule is CCNC(=NCC(C)(C)c1ccc(OC)c(OC)c1)N1CCC(Cc2cnn(C)c2)C1.I. The molecular weight excluding hydrogens is 517 g/mol. The molecule has 1 aromatic carbocycles. The van der Waals surface area contributed by atoms with Gasteiger partial charge in [0.15, 0.2) is 17.5 Å². The lowest BCUT2D eigenvalue weighted by Crippen LogP contribution is -2.41. The van der Waals surface area contributed by atoms with Crippen LogP contribution in [0.1, 0.15) is 38.3 Å². The predicted octanol–water partition coefficient (Wildman–Crippen LogP) is 3.86. The van der Waals surface area contributed by atoms with Crippen LogP contribution in [0.2, 0.25) is 0 Å². The quantitative estimate of drug-likeness (QED) is 0.305. The van der Waals surface area contributed by atoms with Gasteiger partial charge >= 0.3 is 0 Å². The van der Waals surface area contributed by atoms with E-state index in [4.69, 9.17) is 14.5 Å². The average Bonchev–Trinajstić information content (AvgIpc) is 3.39. The van der Waals surface area contributed by atoms with Crippen LogP contribution in [0.5, 0.6) is 11.5 Å². The van der Waals surface area contributed by atoms with Gasteiger partial charge in [0.25, 0.3) is 0 Å². The first kappa shape index (κ1) is 26.3. The number of hydrogen-bond acceptors (Lipinski definition) is 4. The van der Waals surface area contributed by atoms with Crippen LogP contribution >= 0.6 is 24.0 Å². The van der Waals surface area contributed by atoms with Crippen molar-refractivity contribution in [3.05, 3.63) is 41.7 Å². The van der Waals surface area contributed by atoms with Crippen molar-refractivity contribution in [3.63, 3.8) is 0 Å². The highest BCUT2D eigenvalue weighted by molar-refractivity contribution is 14.0. The van der Waals surface area contributed by atoms with Crippen molar-refractivity contribution < 1.29 is 9.47 Å². The Morgan fingerprint density at radius 3 is 2.62 bits per heavy atom. The molecule has 1 aliphatic rings. The molecule has 1 atom stereocenters. The van der Waals surface area contributed by atoms with Gasteiger partial charge in [-0.05, 0) is 48.9 Å². The molecule has 32 heavy (non-hydrogen) atoms. The van der Waals surface area contributed by atoms with Crippen molar-refractivity contribution in [1.82, 2.24) is 20.0 Å². The van der Waals surface area contributed by atoms with E-state index in [-0.39, 0.29) is 29.4 Å². The number of hydrogen-bond donors (Lipinski definition) is 1. The summed E-state index contributed by atoms with van der Waals surface area (Å²) in [5.74, 6) is 3.13. The first-order valence-corrected chi connectivity index (χ1v) is 11.1. The molecule has 1 fully saturated rings. The monoisotopic (exact) mass is 555 g/mol. The molecule has 2 aromatic rings. The maximum Gasteiger partial charge on any atom is 0.193 e. The van der Waals surface area contributed by atoms with Gasteiger partial charge in [-0.25, -0.2) is 0 Å². The average molecular weight is 556 g/mol. The van der Waals surface area contributed by atoms with Gasteiger partial charge in [-0.3, -0.25) is 9.67 Å². The maximum absolute atomic E-state index is 5.49. The summed E-state index contributed by atoms with van der Waals surface area (Å²) in [6.07, 6.45) is 6.35. The zero-order valence-electron chi connectivity index (χ0n) is 20.2. The Labute approximate surface area is 209 Å². The second-order valence-corrected chi connectivity index (χ2v) is 8.95. The number of halogens is 1. The number of nitrogens with zero attached hydrogens (tertiary/aromatic N) is 4. The number of rotatable bonds is 8. The normalized spacial score (nSPS) is 16.6. The number of benzene rings is 1. The highest BCUT2D eigenvalue weighted by Gasteiger charge is 2.27. The van der Waals surface area contributed by atoms with E-state index in [0.29, 0.717) is 12.5 Å². The van der Waals surface area contributed by atoms with E-state index in [9.17, 15) is 0 Å². The van der Waals surface area contributed by atoms with Gasteiger partial charge < -0.3 is 19.7 Å². The second kappa shape index (κ2) is 11.8. The van der Waals surface area contributed by atoms with Crippen LogP contribution in [0.25, 0.3) is 0 Å². The summed E-state index contributed by atoms with van der Waals surface area (Å²) in [6.45, 7) is 10.2. The Morgan fingerprint density at radius 1 is 1.25 bits per heavy atom. The topological polar surface area (TPSA) is 63.9 Å². The molecule has 1 N–H and O–H groups in total. The number of ether oxygens (including phenoxy) is 2. The Morgan fingerprint density at radius 2 is 2.00 bits per heavy atom. The van der Waals surface area contributed by atoms with Crippen molar-refractivity contribution >= 4 is 29.9 Å². The number of nitrogens with one attached hydrogen (secondary N) is 1. The lowest BCUT2D eigenvalue weighted by Gasteiger charge is -2.27. The molecule has 0 spiro atoms. The molecule has 8 heteroatoms. The summed E-state index contributed by atoms with van der Waals surface area (Å²) in [5.41, 5.74) is 2.36. The van der Waals surface area contributed by atoms with E-state index >= 15 is 0 Å². The Balaban J connectivity index is 0.00000363. The summed E-state index contributed by atoms with van der Waals surface area (Å²) in [4.78, 5) is 7.43. The van der Waals surface area contributed by atoms with Gasteiger partial charge in [0.2, 0.25) is 0 Å². The maximum atomic E-state index is 5.49. The summed E-state index contributed by atoms with van der Waals surface area (Å²) >= 11 is 0. The van der Waals surface area contributed by atoms with E-state index in [1.54, 1.807) is 14.2 Å². The van der Waals surface area contributed by atoms with E-state index < -0.39 is 0 Å². The van der Waals surface area contributed by atoms with Gasteiger partial charge in [0.05, 0.1) is 27.0 Å². The molecule has 1 aromatic heterocycles. The van der Waals surface area contributed by atoms with Crippen LogP contribution in [-0.4, -0.2) is 61.0 Å². The fraction of sp³-hybridized carbons (Fsp3) is 0.583. The zero-order valence-corrected chi connectivity index (χ0v) is 22.6. The van der Waals surface area contributed by atoms with Crippen molar-refractivity contribution in [2.24, 2.45) is 18.0 Å². The van der Waals surface area contributed by atoms with Crippen LogP contribution in [0.3, 0.4) is 0 Å². The number of aliphatic imine (C=N–C) groups is 1. The molecule has 1 unspecified atom stereocenters. The molecule has 3 rings (SSSR count). The fourth-order valence-electron chi connectivity index (χ4n) is 4.15. The van der Waals surface area contributed by atoms with E-state index in [2.05, 4.69) is 54.4 Å². The van der Waals surface area contributed by atoms with Crippen molar-refractivity contribution in [2.45, 2.75) is 39.0 Å². The Bertz CT molecular complexity index is 896. The Hall–Kier alpha value is -1.97. The lowest BCUT2D eigenvalue weighted by molar-refractivity contribution is 0.353. The molecule has 1 aliphatic heterocycles. The van der Waals surface area contributed by atoms with Crippen molar-refractivity contribution in [3.8, 4) is 11.5 Å². The number of aryl methyl sites for hydroxylation is 1. The van der Waals surface area contributed by atoms with Crippen LogP contribution in [0.4, 0.5) is 0 Å². The zero-order chi connectivity index (χ0) is 22.4. The lowest BCUT2D eigenvalue weighted by atomic mass is 9.84. The van der Waals surface area contributed by atoms with Crippen molar-refractivity contribution in [2.75, 3.05) is 40.4 Å². The van der Waals surface area contributed by atoms with Gasteiger partial charge in [-0.15, -0.1) is 24.0 Å². The third kappa shape index (κ3) is 6.52. The van der Waals surface area contributed by atoms with Gasteiger partial charge in [-0.1, -0.05) is 19.9 Å². The first-order valence-electron chi connectivity index (χ1n) is 11.1. The summed E-state index contributed by atoms with van der Waals surface area (Å²) in [7, 11) is 5.30. The Kier molecular flexibility index (Phi) is 9.66. The summed E-state index contributed by atoms with van der Waals surface area (Å²) < 4.78 is 12.8. The third-order valence-corrected chi connectivity index (χ3v) is 5.99. The second-order valence-electron chi connectivity index (χ2n) is 8.95. The predicted molar refractivity (Wildman–Crippen MR) is 141 cm³/mol. The minimum Gasteiger partial charge on any atom is -0.493 e. The van der Waals surface area contributed by atoms with Crippen LogP contribution < -0.4 is 14.8 Å². The molecule has 0 bridgehead atoms. The summed E-state index contributed by atoms with van der Waals surface area (Å²) in [6, 6.07) is 6.12. The number of aromatic nitrogens is 2. The molecular formula is C24H38IN5O2. The molecule has 0 saturated carbocycles. The highest BCUT2D eigenvalue weighted by atomic mass is 127. The standard InChI is InChI=1S/C24H37N5O2.HI/c1-7-25-23(29-11-10-18(16-29)12-19-14-27-28(4)15-19)26-17-24(2,3)20-8-9-21(30-5)22(13-20)31-6;/h8-9,13-15,18H,7,10-12,16-17H2,1-6H3,(H,25,26);1H. The molecule has 2 heterocycles. The number of guanidine groups is 1. The molecule has 1 saturated heterocycles. The van der Waals surface area contributed by atoms with E-state index in [0.717, 1.165) is 43.5 Å². The minimum absolute atomic E-state index is 0. The third-order valence-electron chi connectivity index (χ3n) is 5.99. The van der Waals surface area contributed by atoms with Gasteiger partial charge in [0.1, 0.15) is 0 Å². The molecule has 7 nitrogen and oxygen atoms in total. The van der Waals surface area contributed by atoms with Crippen LogP contribution in [-0.2, 0) is 18.9 Å². The smallest absolute Gasteiger partial charge is 0.193 e. The van der Waals surface area contributed by atoms with Crippen LogP contribution in [0, 0.1) is 5.92 Å². The summed E-state index contributed by atoms with van der Waals surface area (Å²) in [5, 5.41) is 7.79. The first-order chi connectivity index (χ1) is 14.9. The minimum atomic E-state index is -0.130. The van der Waals surface area contributed by atoms with Gasteiger partial charge in [0, 0.05) is 38.3 Å². The van der Waals surface area contributed by atoms with E-state index in [1.807, 2.05) is 24.0 Å². The number of likely N-dealkylation sites (tertiary alicyclic amines) is 1. The molecule has 178 valence electrons. The van der Waals surface area contributed by atoms with E-state index in [1.165, 1.54) is 17.5 Å². The van der Waals surface area contributed by atoms with Gasteiger partial charge in [-0.2, -0.15) is 5.10 Å². The molecule has 0 amide bonds. The highest BCUT2D eigenvalue weighted by Crippen LogP contribution is 2.33.